The highest BCUT2D eigenvalue weighted by Crippen LogP contribution is 2.08. The lowest BCUT2D eigenvalue weighted by Gasteiger charge is -1.99. The second-order valence-corrected chi connectivity index (χ2v) is 3.09. The first-order chi connectivity index (χ1) is 6.74. The number of rotatable bonds is 5. The molecule has 0 atom stereocenters. The smallest absolute Gasteiger partial charge is 0.162 e. The number of carbonyl (C=O) groups is 1. The van der Waals surface area contributed by atoms with Gasteiger partial charge in [-0.2, -0.15) is 0 Å². The minimum atomic E-state index is -0.403. The summed E-state index contributed by atoms with van der Waals surface area (Å²) in [6.45, 7) is -0.156. The number of hydrogen-bond donors (Lipinski definition) is 0. The van der Waals surface area contributed by atoms with E-state index in [0.717, 1.165) is 0 Å². The molecule has 0 spiro atoms. The first kappa shape index (κ1) is 10.9. The lowest BCUT2D eigenvalue weighted by atomic mass is 10.1. The summed E-state index contributed by atoms with van der Waals surface area (Å²) in [5, 5.41) is 10.1. The van der Waals surface area contributed by atoms with Crippen LogP contribution in [0.25, 0.3) is 0 Å². The summed E-state index contributed by atoms with van der Waals surface area (Å²) in [7, 11) is 0. The van der Waals surface area contributed by atoms with Gasteiger partial charge in [0.15, 0.2) is 5.78 Å². The molecular weight excluding hydrogens is 183 g/mol. The van der Waals surface area contributed by atoms with Crippen molar-refractivity contribution in [2.24, 2.45) is 0 Å². The molecule has 0 heterocycles. The predicted octanol–water partition coefficient (Wildman–Crippen LogP) is 2.61. The average Bonchev–Trinajstić information content (AvgIpc) is 2.18. The second-order valence-electron chi connectivity index (χ2n) is 3.09. The van der Waals surface area contributed by atoms with Gasteiger partial charge in [-0.1, -0.05) is 12.1 Å². The van der Waals surface area contributed by atoms with Crippen molar-refractivity contribution in [3.05, 3.63) is 35.6 Å². The van der Waals surface area contributed by atoms with E-state index in [1.54, 1.807) is 6.07 Å². The average molecular weight is 195 g/mol. The first-order valence-electron chi connectivity index (χ1n) is 4.61. The summed E-state index contributed by atoms with van der Waals surface area (Å²) in [4.78, 5) is 11.4. The molecule has 75 valence electrons. The Kier molecular flexibility index (Phi) is 4.26. The van der Waals surface area contributed by atoms with Gasteiger partial charge in [0.05, 0.1) is 6.61 Å². The molecule has 3 heteroatoms. The molecule has 0 aliphatic rings. The van der Waals surface area contributed by atoms with Crippen LogP contribution in [0.4, 0.5) is 4.39 Å². The summed E-state index contributed by atoms with van der Waals surface area (Å²) in [5.74, 6) is -0.502. The van der Waals surface area contributed by atoms with Gasteiger partial charge in [-0.05, 0) is 25.0 Å². The molecule has 14 heavy (non-hydrogen) atoms. The van der Waals surface area contributed by atoms with Gasteiger partial charge in [-0.3, -0.25) is 4.79 Å². The molecule has 0 amide bonds. The van der Waals surface area contributed by atoms with E-state index >= 15 is 0 Å². The van der Waals surface area contributed by atoms with Gasteiger partial charge >= 0.3 is 0 Å². The Labute approximate surface area is 82.4 Å². The lowest BCUT2D eigenvalue weighted by Crippen LogP contribution is -1.99. The third kappa shape index (κ3) is 3.26. The van der Waals surface area contributed by atoms with Gasteiger partial charge in [-0.15, -0.1) is 0 Å². The standard InChI is InChI=1S/C11H12FO2/c12-10-5-3-4-9(8-10)11(14)6-1-2-7-13/h3-5,8H,1-2,6-7H2. The van der Waals surface area contributed by atoms with Crippen LogP contribution in [-0.4, -0.2) is 12.4 Å². The van der Waals surface area contributed by atoms with Gasteiger partial charge < -0.3 is 0 Å². The largest absolute Gasteiger partial charge is 0.294 e. The Morgan fingerprint density at radius 2 is 2.07 bits per heavy atom. The van der Waals surface area contributed by atoms with Gasteiger partial charge in [0.1, 0.15) is 5.82 Å². The zero-order valence-electron chi connectivity index (χ0n) is 7.83. The van der Waals surface area contributed by atoms with Crippen molar-refractivity contribution in [3.8, 4) is 0 Å². The van der Waals surface area contributed by atoms with Crippen LogP contribution in [0, 0.1) is 5.82 Å². The second kappa shape index (κ2) is 5.50. The van der Waals surface area contributed by atoms with Crippen LogP contribution < -0.4 is 0 Å². The maximum Gasteiger partial charge on any atom is 0.162 e. The summed E-state index contributed by atoms with van der Waals surface area (Å²) < 4.78 is 12.7. The number of halogens is 1. The third-order valence-electron chi connectivity index (χ3n) is 1.94. The summed E-state index contributed by atoms with van der Waals surface area (Å²) in [5.41, 5.74) is 0.385. The maximum atomic E-state index is 12.7. The zero-order valence-corrected chi connectivity index (χ0v) is 7.83. The monoisotopic (exact) mass is 195 g/mol. The van der Waals surface area contributed by atoms with E-state index in [0.29, 0.717) is 24.8 Å². The minimum Gasteiger partial charge on any atom is -0.294 e. The molecule has 0 bridgehead atoms. The fraction of sp³-hybridized carbons (Fsp3) is 0.364. The maximum absolute atomic E-state index is 12.7. The fourth-order valence-corrected chi connectivity index (χ4v) is 1.19. The summed E-state index contributed by atoms with van der Waals surface area (Å²) >= 11 is 0. The van der Waals surface area contributed by atoms with Gasteiger partial charge in [0.2, 0.25) is 0 Å². The van der Waals surface area contributed by atoms with E-state index in [1.807, 2.05) is 0 Å². The molecule has 0 unspecified atom stereocenters. The number of unbranched alkanes of at least 4 members (excludes halogenated alkanes) is 1. The number of hydrogen-bond acceptors (Lipinski definition) is 1. The van der Waals surface area contributed by atoms with Gasteiger partial charge in [-0.25, -0.2) is 9.50 Å². The van der Waals surface area contributed by atoms with Crippen LogP contribution in [0.3, 0.4) is 0 Å². The van der Waals surface area contributed by atoms with E-state index in [9.17, 15) is 14.3 Å². The Morgan fingerprint density at radius 3 is 2.71 bits per heavy atom. The molecule has 1 aromatic rings. The quantitative estimate of drug-likeness (QED) is 0.525. The van der Waals surface area contributed by atoms with Crippen LogP contribution >= 0.6 is 0 Å². The molecule has 0 aliphatic carbocycles. The SMILES string of the molecule is [O]CCCCC(=O)c1cccc(F)c1. The number of Topliss-reactive ketones (excluding diaryl/α,β-unsaturated/α-hetero) is 1. The highest BCUT2D eigenvalue weighted by Gasteiger charge is 2.05. The molecule has 0 aromatic heterocycles. The van der Waals surface area contributed by atoms with Crippen molar-refractivity contribution < 1.29 is 14.3 Å². The molecule has 1 radical (unpaired) electrons. The van der Waals surface area contributed by atoms with Crippen LogP contribution in [0.2, 0.25) is 0 Å². The Bertz CT molecular complexity index is 310. The molecule has 0 aliphatic heterocycles. The summed E-state index contributed by atoms with van der Waals surface area (Å²) in [6.07, 6.45) is 1.41. The molecule has 1 aromatic carbocycles. The zero-order chi connectivity index (χ0) is 10.4. The third-order valence-corrected chi connectivity index (χ3v) is 1.94. The van der Waals surface area contributed by atoms with E-state index < -0.39 is 5.82 Å². The molecular formula is C11H12FO2. The lowest BCUT2D eigenvalue weighted by molar-refractivity contribution is 0.0974. The summed E-state index contributed by atoms with van der Waals surface area (Å²) in [6, 6.07) is 5.62. The highest BCUT2D eigenvalue weighted by molar-refractivity contribution is 5.95. The minimum absolute atomic E-state index is 0.0991. The number of ketones is 1. The predicted molar refractivity (Wildman–Crippen MR) is 50.1 cm³/mol. The Hall–Kier alpha value is -1.22. The Morgan fingerprint density at radius 1 is 1.29 bits per heavy atom. The molecule has 2 nitrogen and oxygen atoms in total. The van der Waals surface area contributed by atoms with Crippen molar-refractivity contribution in [1.82, 2.24) is 0 Å². The van der Waals surface area contributed by atoms with Crippen molar-refractivity contribution >= 4 is 5.78 Å². The highest BCUT2D eigenvalue weighted by atomic mass is 19.1. The first-order valence-corrected chi connectivity index (χ1v) is 4.61. The Balaban J connectivity index is 2.52. The topological polar surface area (TPSA) is 37.0 Å². The normalized spacial score (nSPS) is 10.1. The van der Waals surface area contributed by atoms with Crippen LogP contribution in [0.15, 0.2) is 24.3 Å². The van der Waals surface area contributed by atoms with E-state index in [-0.39, 0.29) is 12.4 Å². The molecule has 0 fully saturated rings. The van der Waals surface area contributed by atoms with Crippen LogP contribution in [0.5, 0.6) is 0 Å². The van der Waals surface area contributed by atoms with Crippen LogP contribution in [0.1, 0.15) is 29.6 Å². The van der Waals surface area contributed by atoms with Crippen molar-refractivity contribution in [1.29, 1.82) is 0 Å². The van der Waals surface area contributed by atoms with Crippen molar-refractivity contribution in [2.75, 3.05) is 6.61 Å². The molecule has 0 N–H and O–H groups in total. The molecule has 0 saturated carbocycles. The van der Waals surface area contributed by atoms with E-state index in [4.69, 9.17) is 0 Å². The van der Waals surface area contributed by atoms with Gasteiger partial charge in [0, 0.05) is 12.0 Å². The molecule has 1 rings (SSSR count). The van der Waals surface area contributed by atoms with Crippen molar-refractivity contribution in [3.63, 3.8) is 0 Å². The van der Waals surface area contributed by atoms with E-state index in [1.165, 1.54) is 18.2 Å². The number of carbonyl (C=O) groups excluding carboxylic acids is 1. The van der Waals surface area contributed by atoms with E-state index in [2.05, 4.69) is 0 Å². The molecule has 0 saturated heterocycles. The van der Waals surface area contributed by atoms with Gasteiger partial charge in [0.25, 0.3) is 0 Å². The number of benzene rings is 1. The van der Waals surface area contributed by atoms with Crippen molar-refractivity contribution in [2.45, 2.75) is 19.3 Å². The fourth-order valence-electron chi connectivity index (χ4n) is 1.19. The van der Waals surface area contributed by atoms with Crippen LogP contribution in [-0.2, 0) is 5.11 Å².